The van der Waals surface area contributed by atoms with Gasteiger partial charge in [0, 0.05) is 38.1 Å². The standard InChI is InChI=1S/C22H23ClN4O4/c1-25-18(12-19(28)26(2)22(25)30)21(29)27-10-4-3-5-17(27)20-24-13-16(31-20)11-14-6-8-15(23)9-7-14/h6-9,12-13,17H,3-5,10-11H2,1-2H3. The van der Waals surface area contributed by atoms with Gasteiger partial charge in [-0.15, -0.1) is 0 Å². The monoisotopic (exact) mass is 442 g/mol. The minimum Gasteiger partial charge on any atom is -0.443 e. The van der Waals surface area contributed by atoms with Gasteiger partial charge in [-0.1, -0.05) is 23.7 Å². The Morgan fingerprint density at radius 3 is 2.65 bits per heavy atom. The number of hydrogen-bond acceptors (Lipinski definition) is 5. The number of carbonyl (C=O) groups is 1. The molecule has 3 aromatic rings. The third-order valence-corrected chi connectivity index (χ3v) is 5.91. The Labute approximate surface area is 183 Å². The van der Waals surface area contributed by atoms with Crippen LogP contribution >= 0.6 is 11.6 Å². The first-order valence-corrected chi connectivity index (χ1v) is 10.5. The van der Waals surface area contributed by atoms with Crippen LogP contribution in [-0.2, 0) is 20.5 Å². The van der Waals surface area contributed by atoms with Crippen LogP contribution in [0.1, 0.15) is 53.0 Å². The number of aromatic nitrogens is 3. The highest BCUT2D eigenvalue weighted by atomic mass is 35.5. The molecule has 9 heteroatoms. The van der Waals surface area contributed by atoms with Gasteiger partial charge >= 0.3 is 5.69 Å². The van der Waals surface area contributed by atoms with E-state index < -0.39 is 11.2 Å². The summed E-state index contributed by atoms with van der Waals surface area (Å²) >= 11 is 5.94. The molecule has 1 fully saturated rings. The van der Waals surface area contributed by atoms with Crippen LogP contribution in [0.25, 0.3) is 0 Å². The number of nitrogens with zero attached hydrogens (tertiary/aromatic N) is 4. The van der Waals surface area contributed by atoms with E-state index in [0.29, 0.717) is 36.1 Å². The maximum absolute atomic E-state index is 13.3. The summed E-state index contributed by atoms with van der Waals surface area (Å²) in [6.45, 7) is 0.502. The summed E-state index contributed by atoms with van der Waals surface area (Å²) < 4.78 is 8.18. The molecule has 0 spiro atoms. The molecule has 1 amide bonds. The van der Waals surface area contributed by atoms with Gasteiger partial charge in [0.15, 0.2) is 0 Å². The molecule has 1 atom stereocenters. The van der Waals surface area contributed by atoms with Gasteiger partial charge in [-0.25, -0.2) is 9.78 Å². The summed E-state index contributed by atoms with van der Waals surface area (Å²) in [5.74, 6) is 0.779. The van der Waals surface area contributed by atoms with Gasteiger partial charge in [0.1, 0.15) is 17.5 Å². The number of rotatable bonds is 4. The number of halogens is 1. The first-order chi connectivity index (χ1) is 14.8. The summed E-state index contributed by atoms with van der Waals surface area (Å²) in [5.41, 5.74) is 0.0546. The predicted molar refractivity (Wildman–Crippen MR) is 115 cm³/mol. The van der Waals surface area contributed by atoms with E-state index in [2.05, 4.69) is 4.98 Å². The Bertz CT molecular complexity index is 1230. The average molecular weight is 443 g/mol. The molecule has 0 N–H and O–H groups in total. The first kappa shape index (κ1) is 21.1. The van der Waals surface area contributed by atoms with Crippen molar-refractivity contribution >= 4 is 17.5 Å². The zero-order valence-corrected chi connectivity index (χ0v) is 18.1. The van der Waals surface area contributed by atoms with Gasteiger partial charge in [0.2, 0.25) is 5.89 Å². The molecule has 1 aliphatic heterocycles. The molecule has 8 nitrogen and oxygen atoms in total. The van der Waals surface area contributed by atoms with Crippen molar-refractivity contribution in [2.45, 2.75) is 31.7 Å². The van der Waals surface area contributed by atoms with Crippen molar-refractivity contribution in [1.82, 2.24) is 19.0 Å². The maximum atomic E-state index is 13.3. The summed E-state index contributed by atoms with van der Waals surface area (Å²) in [6.07, 6.45) is 4.70. The average Bonchev–Trinajstić information content (AvgIpc) is 3.24. The Kier molecular flexibility index (Phi) is 5.82. The number of oxazole rings is 1. The van der Waals surface area contributed by atoms with Crippen molar-refractivity contribution < 1.29 is 9.21 Å². The molecule has 4 rings (SSSR count). The van der Waals surface area contributed by atoms with Gasteiger partial charge in [0.05, 0.1) is 6.20 Å². The minimum atomic E-state index is -0.536. The highest BCUT2D eigenvalue weighted by molar-refractivity contribution is 6.30. The molecule has 162 valence electrons. The third kappa shape index (κ3) is 4.20. The summed E-state index contributed by atoms with van der Waals surface area (Å²) in [6, 6.07) is 8.36. The SMILES string of the molecule is Cn1c(C(=O)N2CCCCC2c2ncc(Cc3ccc(Cl)cc3)o2)cc(=O)n(C)c1=O. The van der Waals surface area contributed by atoms with E-state index in [-0.39, 0.29) is 17.6 Å². The Balaban J connectivity index is 1.61. The summed E-state index contributed by atoms with van der Waals surface area (Å²) in [7, 11) is 2.88. The lowest BCUT2D eigenvalue weighted by Gasteiger charge is -2.34. The Morgan fingerprint density at radius 2 is 1.90 bits per heavy atom. The maximum Gasteiger partial charge on any atom is 0.331 e. The van der Waals surface area contributed by atoms with Crippen LogP contribution in [-0.4, -0.2) is 31.5 Å². The molecular formula is C22H23ClN4O4. The molecule has 3 heterocycles. The topological polar surface area (TPSA) is 90.3 Å². The number of hydrogen-bond donors (Lipinski definition) is 0. The number of amides is 1. The summed E-state index contributed by atoms with van der Waals surface area (Å²) in [5, 5.41) is 0.670. The van der Waals surface area contributed by atoms with Gasteiger partial charge in [-0.2, -0.15) is 0 Å². The van der Waals surface area contributed by atoms with E-state index in [9.17, 15) is 14.4 Å². The molecule has 1 unspecified atom stereocenters. The van der Waals surface area contributed by atoms with Gasteiger partial charge < -0.3 is 9.32 Å². The van der Waals surface area contributed by atoms with Gasteiger partial charge in [0.25, 0.3) is 11.5 Å². The fourth-order valence-electron chi connectivity index (χ4n) is 3.88. The van der Waals surface area contributed by atoms with Gasteiger partial charge in [-0.05, 0) is 37.0 Å². The van der Waals surface area contributed by atoms with Crippen molar-refractivity contribution in [3.8, 4) is 0 Å². The van der Waals surface area contributed by atoms with E-state index in [1.165, 1.54) is 24.7 Å². The van der Waals surface area contributed by atoms with Crippen LogP contribution in [0.4, 0.5) is 0 Å². The number of benzene rings is 1. The molecule has 1 saturated heterocycles. The zero-order chi connectivity index (χ0) is 22.1. The van der Waals surface area contributed by atoms with Crippen molar-refractivity contribution in [2.24, 2.45) is 14.1 Å². The van der Waals surface area contributed by atoms with Crippen LogP contribution in [0.5, 0.6) is 0 Å². The van der Waals surface area contributed by atoms with Crippen LogP contribution in [0, 0.1) is 0 Å². The smallest absolute Gasteiger partial charge is 0.331 e. The first-order valence-electron chi connectivity index (χ1n) is 10.1. The predicted octanol–water partition coefficient (Wildman–Crippen LogP) is 2.68. The fourth-order valence-corrected chi connectivity index (χ4v) is 4.00. The highest BCUT2D eigenvalue weighted by Gasteiger charge is 2.33. The quantitative estimate of drug-likeness (QED) is 0.619. The van der Waals surface area contributed by atoms with Crippen molar-refractivity contribution in [3.63, 3.8) is 0 Å². The van der Waals surface area contributed by atoms with E-state index >= 15 is 0 Å². The molecular weight excluding hydrogens is 420 g/mol. The van der Waals surface area contributed by atoms with E-state index in [1.807, 2.05) is 24.3 Å². The molecule has 0 bridgehead atoms. The molecule has 2 aromatic heterocycles. The molecule has 31 heavy (non-hydrogen) atoms. The lowest BCUT2D eigenvalue weighted by atomic mass is 10.0. The van der Waals surface area contributed by atoms with Gasteiger partial charge in [-0.3, -0.25) is 18.7 Å². The molecule has 1 aliphatic rings. The second-order valence-corrected chi connectivity index (χ2v) is 8.18. The number of piperidine rings is 1. The van der Waals surface area contributed by atoms with E-state index in [0.717, 1.165) is 23.0 Å². The van der Waals surface area contributed by atoms with Crippen LogP contribution in [0.2, 0.25) is 5.02 Å². The highest BCUT2D eigenvalue weighted by Crippen LogP contribution is 2.32. The summed E-state index contributed by atoms with van der Waals surface area (Å²) in [4.78, 5) is 43.7. The fraction of sp³-hybridized carbons (Fsp3) is 0.364. The van der Waals surface area contributed by atoms with E-state index in [1.54, 1.807) is 11.1 Å². The molecule has 1 aromatic carbocycles. The van der Waals surface area contributed by atoms with Crippen molar-refractivity contribution in [2.75, 3.05) is 6.54 Å². The molecule has 0 radical (unpaired) electrons. The Morgan fingerprint density at radius 1 is 1.16 bits per heavy atom. The normalized spacial score (nSPS) is 16.5. The van der Waals surface area contributed by atoms with E-state index in [4.69, 9.17) is 16.0 Å². The molecule has 0 saturated carbocycles. The second kappa shape index (κ2) is 8.55. The van der Waals surface area contributed by atoms with Crippen LogP contribution in [0.15, 0.2) is 50.5 Å². The van der Waals surface area contributed by atoms with Crippen molar-refractivity contribution in [3.05, 3.63) is 85.3 Å². The largest absolute Gasteiger partial charge is 0.443 e. The number of carbonyl (C=O) groups excluding carboxylic acids is 1. The third-order valence-electron chi connectivity index (χ3n) is 5.66. The minimum absolute atomic E-state index is 0.0629. The Hall–Kier alpha value is -3.13. The zero-order valence-electron chi connectivity index (χ0n) is 17.4. The van der Waals surface area contributed by atoms with Crippen molar-refractivity contribution in [1.29, 1.82) is 0 Å². The van der Waals surface area contributed by atoms with Crippen LogP contribution < -0.4 is 11.2 Å². The number of likely N-dealkylation sites (tertiary alicyclic amines) is 1. The molecule has 0 aliphatic carbocycles. The second-order valence-electron chi connectivity index (χ2n) is 7.75. The van der Waals surface area contributed by atoms with Crippen LogP contribution in [0.3, 0.4) is 0 Å². The lowest BCUT2D eigenvalue weighted by molar-refractivity contribution is 0.0558. The lowest BCUT2D eigenvalue weighted by Crippen LogP contribution is -2.44.